The van der Waals surface area contributed by atoms with Gasteiger partial charge in [0.1, 0.15) is 5.69 Å². The number of hydrogen-bond donors (Lipinski definition) is 1. The molecule has 1 amide bonds. The molecule has 0 spiro atoms. The third kappa shape index (κ3) is 4.51. The molecule has 1 aromatic heterocycles. The number of pyridine rings is 1. The van der Waals surface area contributed by atoms with Crippen LogP contribution in [0.4, 0.5) is 11.4 Å². The number of nitrogens with zero attached hydrogens (tertiary/aromatic N) is 2. The van der Waals surface area contributed by atoms with Crippen LogP contribution in [0.3, 0.4) is 0 Å². The van der Waals surface area contributed by atoms with Gasteiger partial charge in [0.15, 0.2) is 15.6 Å². The minimum Gasteiger partial charge on any atom is -0.370 e. The Morgan fingerprint density at radius 1 is 1.22 bits per heavy atom. The van der Waals surface area contributed by atoms with Gasteiger partial charge in [0.05, 0.1) is 11.5 Å². The monoisotopic (exact) mass is 387 g/mol. The van der Waals surface area contributed by atoms with Crippen molar-refractivity contribution < 1.29 is 18.0 Å². The van der Waals surface area contributed by atoms with E-state index in [1.165, 1.54) is 13.1 Å². The second-order valence-electron chi connectivity index (χ2n) is 6.66. The summed E-state index contributed by atoms with van der Waals surface area (Å²) in [5.74, 6) is -0.178. The molecule has 3 rings (SSSR count). The van der Waals surface area contributed by atoms with Gasteiger partial charge in [0.2, 0.25) is 0 Å². The third-order valence-electron chi connectivity index (χ3n) is 4.67. The lowest BCUT2D eigenvalue weighted by Gasteiger charge is -2.25. The maximum atomic E-state index is 12.5. The maximum absolute atomic E-state index is 12.5. The van der Waals surface area contributed by atoms with E-state index in [1.54, 1.807) is 36.4 Å². The zero-order chi connectivity index (χ0) is 19.6. The normalized spacial score (nSPS) is 18.1. The minimum absolute atomic E-state index is 0.0839. The van der Waals surface area contributed by atoms with Crippen LogP contribution >= 0.6 is 0 Å². The van der Waals surface area contributed by atoms with Gasteiger partial charge in [0.25, 0.3) is 5.91 Å². The van der Waals surface area contributed by atoms with Gasteiger partial charge in [-0.05, 0) is 37.6 Å². The van der Waals surface area contributed by atoms with E-state index in [-0.39, 0.29) is 29.0 Å². The number of carbonyl (C=O) groups excluding carboxylic acids is 2. The molecule has 2 aromatic rings. The van der Waals surface area contributed by atoms with Crippen molar-refractivity contribution in [1.29, 1.82) is 0 Å². The van der Waals surface area contributed by atoms with E-state index in [0.29, 0.717) is 17.7 Å². The van der Waals surface area contributed by atoms with Gasteiger partial charge in [-0.15, -0.1) is 0 Å². The lowest BCUT2D eigenvalue weighted by atomic mass is 10.1. The van der Waals surface area contributed by atoms with Gasteiger partial charge in [-0.2, -0.15) is 0 Å². The molecule has 0 saturated carbocycles. The molecule has 1 aliphatic rings. The summed E-state index contributed by atoms with van der Waals surface area (Å²) in [6.07, 6.45) is 2.09. The molecule has 0 radical (unpaired) electrons. The first-order valence-corrected chi connectivity index (χ1v) is 10.4. The Morgan fingerprint density at radius 3 is 2.67 bits per heavy atom. The number of amides is 1. The van der Waals surface area contributed by atoms with Crippen LogP contribution in [0, 0.1) is 0 Å². The average molecular weight is 387 g/mol. The highest BCUT2D eigenvalue weighted by atomic mass is 32.2. The van der Waals surface area contributed by atoms with E-state index >= 15 is 0 Å². The first-order chi connectivity index (χ1) is 12.7. The van der Waals surface area contributed by atoms with Gasteiger partial charge < -0.3 is 10.2 Å². The number of sulfone groups is 1. The lowest BCUT2D eigenvalue weighted by Crippen LogP contribution is -2.32. The molecule has 1 aliphatic heterocycles. The van der Waals surface area contributed by atoms with Gasteiger partial charge in [-0.3, -0.25) is 14.6 Å². The summed E-state index contributed by atoms with van der Waals surface area (Å²) in [4.78, 5) is 30.0. The number of ketones is 1. The van der Waals surface area contributed by atoms with Crippen LogP contribution in [0.25, 0.3) is 0 Å². The molecule has 1 fully saturated rings. The fourth-order valence-electron chi connectivity index (χ4n) is 3.07. The van der Waals surface area contributed by atoms with Gasteiger partial charge in [-0.25, -0.2) is 8.42 Å². The number of nitrogens with one attached hydrogen (secondary N) is 1. The van der Waals surface area contributed by atoms with Crippen molar-refractivity contribution in [2.45, 2.75) is 19.4 Å². The summed E-state index contributed by atoms with van der Waals surface area (Å²) < 4.78 is 23.4. The molecule has 1 atom stereocenters. The van der Waals surface area contributed by atoms with Crippen LogP contribution in [0.15, 0.2) is 42.6 Å². The van der Waals surface area contributed by atoms with Crippen molar-refractivity contribution in [2.24, 2.45) is 0 Å². The first-order valence-electron chi connectivity index (χ1n) is 8.57. The summed E-state index contributed by atoms with van der Waals surface area (Å²) >= 11 is 0. The number of anilines is 2. The molecule has 1 saturated heterocycles. The summed E-state index contributed by atoms with van der Waals surface area (Å²) in [7, 11) is -1.17. The Balaban J connectivity index is 1.76. The first kappa shape index (κ1) is 19.0. The van der Waals surface area contributed by atoms with E-state index in [9.17, 15) is 18.0 Å². The number of hydrogen-bond acceptors (Lipinski definition) is 6. The van der Waals surface area contributed by atoms with Crippen molar-refractivity contribution in [3.8, 4) is 0 Å². The zero-order valence-corrected chi connectivity index (χ0v) is 16.0. The summed E-state index contributed by atoms with van der Waals surface area (Å²) in [5.41, 5.74) is 1.97. The molecule has 1 unspecified atom stereocenters. The van der Waals surface area contributed by atoms with Crippen molar-refractivity contribution in [1.82, 2.24) is 4.98 Å². The number of benzene rings is 1. The summed E-state index contributed by atoms with van der Waals surface area (Å²) in [5, 5.41) is 2.73. The Kier molecular flexibility index (Phi) is 5.27. The second-order valence-corrected chi connectivity index (χ2v) is 8.89. The molecule has 7 nitrogen and oxygen atoms in total. The van der Waals surface area contributed by atoms with Gasteiger partial charge in [-0.1, -0.05) is 12.1 Å². The van der Waals surface area contributed by atoms with E-state index in [1.807, 2.05) is 11.9 Å². The smallest absolute Gasteiger partial charge is 0.274 e. The SMILES string of the molecule is CC(=O)c1cccc(NC(=O)c2cc(N(C)C3CCS(=O)(=O)C3)ccn2)c1. The molecule has 27 heavy (non-hydrogen) atoms. The molecule has 142 valence electrons. The molecule has 2 heterocycles. The predicted molar refractivity (Wildman–Crippen MR) is 104 cm³/mol. The van der Waals surface area contributed by atoms with Crippen LogP contribution in [0.2, 0.25) is 0 Å². The molecule has 0 aliphatic carbocycles. The van der Waals surface area contributed by atoms with Crippen LogP contribution in [0.5, 0.6) is 0 Å². The van der Waals surface area contributed by atoms with Crippen LogP contribution in [-0.2, 0) is 9.84 Å². The van der Waals surface area contributed by atoms with Crippen LogP contribution in [-0.4, -0.2) is 49.7 Å². The van der Waals surface area contributed by atoms with Gasteiger partial charge >= 0.3 is 0 Å². The van der Waals surface area contributed by atoms with Crippen molar-refractivity contribution in [3.05, 3.63) is 53.9 Å². The topological polar surface area (TPSA) is 96.4 Å². The van der Waals surface area contributed by atoms with Crippen LogP contribution < -0.4 is 10.2 Å². The summed E-state index contributed by atoms with van der Waals surface area (Å²) in [6.45, 7) is 1.46. The van der Waals surface area contributed by atoms with Crippen LogP contribution in [0.1, 0.15) is 34.2 Å². The zero-order valence-electron chi connectivity index (χ0n) is 15.2. The van der Waals surface area contributed by atoms with E-state index < -0.39 is 15.7 Å². The predicted octanol–water partition coefficient (Wildman–Crippen LogP) is 2.16. The molecular formula is C19H21N3O4S. The average Bonchev–Trinajstić information content (AvgIpc) is 3.01. The van der Waals surface area contributed by atoms with Crippen molar-refractivity contribution in [2.75, 3.05) is 28.8 Å². The number of Topliss-reactive ketones (excluding diaryl/α,β-unsaturated/α-hetero) is 1. The highest BCUT2D eigenvalue weighted by Gasteiger charge is 2.31. The fourth-order valence-corrected chi connectivity index (χ4v) is 4.84. The highest BCUT2D eigenvalue weighted by molar-refractivity contribution is 7.91. The molecular weight excluding hydrogens is 366 g/mol. The van der Waals surface area contributed by atoms with E-state index in [4.69, 9.17) is 0 Å². The maximum Gasteiger partial charge on any atom is 0.274 e. The van der Waals surface area contributed by atoms with E-state index in [0.717, 1.165) is 5.69 Å². The largest absolute Gasteiger partial charge is 0.370 e. The minimum atomic E-state index is -2.99. The lowest BCUT2D eigenvalue weighted by molar-refractivity contribution is 0.100. The Morgan fingerprint density at radius 2 is 2.00 bits per heavy atom. The molecule has 8 heteroatoms. The van der Waals surface area contributed by atoms with E-state index in [2.05, 4.69) is 10.3 Å². The number of carbonyl (C=O) groups is 2. The van der Waals surface area contributed by atoms with Gasteiger partial charge in [0, 0.05) is 36.2 Å². The molecule has 0 bridgehead atoms. The second kappa shape index (κ2) is 7.48. The standard InChI is InChI=1S/C19H21N3O4S/c1-13(23)14-4-3-5-15(10-14)21-19(24)18-11-16(6-8-20-18)22(2)17-7-9-27(25,26)12-17/h3-6,8,10-11,17H,7,9,12H2,1-2H3,(H,21,24). The number of aromatic nitrogens is 1. The summed E-state index contributed by atoms with van der Waals surface area (Å²) in [6, 6.07) is 9.96. The fraction of sp³-hybridized carbons (Fsp3) is 0.316. The van der Waals surface area contributed by atoms with Crippen molar-refractivity contribution in [3.63, 3.8) is 0 Å². The quantitative estimate of drug-likeness (QED) is 0.790. The molecule has 1 N–H and O–H groups in total. The Bertz CT molecular complexity index is 988. The molecule has 1 aromatic carbocycles. The third-order valence-corrected chi connectivity index (χ3v) is 6.42. The number of rotatable bonds is 5. The Labute approximate surface area is 158 Å². The van der Waals surface area contributed by atoms with Crippen molar-refractivity contribution >= 4 is 32.9 Å². The highest BCUT2D eigenvalue weighted by Crippen LogP contribution is 2.23. The Hall–Kier alpha value is -2.74.